The molecule has 0 aromatic heterocycles. The summed E-state index contributed by atoms with van der Waals surface area (Å²) in [6, 6.07) is 0. The van der Waals surface area contributed by atoms with Crippen LogP contribution in [0.3, 0.4) is 0 Å². The van der Waals surface area contributed by atoms with Crippen molar-refractivity contribution in [1.82, 2.24) is 0 Å². The molecule has 0 bridgehead atoms. The van der Waals surface area contributed by atoms with Gasteiger partial charge in [-0.3, -0.25) is 0 Å². The third kappa shape index (κ3) is 5.33. The molecular weight excluding hydrogens is 118 g/mol. The second kappa shape index (κ2) is 3.35. The number of carbonyl (C=O) groups excluding carboxylic acids is 1. The lowest BCUT2D eigenvalue weighted by atomic mass is 10.3. The van der Waals surface area contributed by atoms with E-state index < -0.39 is 25.2 Å². The van der Waals surface area contributed by atoms with Crippen molar-refractivity contribution >= 4 is 5.97 Å². The van der Waals surface area contributed by atoms with Crippen LogP contribution in [0.2, 0.25) is 0 Å². The Bertz CT molecular complexity index is 82.1. The molecule has 4 heteroatoms. The first kappa shape index (κ1) is 7.33. The zero-order valence-electron chi connectivity index (χ0n) is 4.06. The lowest BCUT2D eigenvalue weighted by Gasteiger charge is -1.98. The molecule has 0 aliphatic rings. The molecule has 0 unspecified atom stereocenters. The van der Waals surface area contributed by atoms with Crippen molar-refractivity contribution in [1.29, 1.82) is 0 Å². The predicted octanol–water partition coefficient (Wildman–Crippen LogP) is -0.218. The first-order chi connectivity index (χ1) is 3.63. The van der Waals surface area contributed by atoms with Gasteiger partial charge in [-0.1, -0.05) is 0 Å². The monoisotopic (exact) mass is 123 g/mol. The number of halogens is 2. The van der Waals surface area contributed by atoms with Crippen molar-refractivity contribution in [3.63, 3.8) is 0 Å². The van der Waals surface area contributed by atoms with Gasteiger partial charge in [0.1, 0.15) is 0 Å². The van der Waals surface area contributed by atoms with Gasteiger partial charge in [0.15, 0.2) is 0 Å². The topological polar surface area (TPSA) is 40.1 Å². The average Bonchev–Trinajstić information content (AvgIpc) is 1.61. The zero-order valence-corrected chi connectivity index (χ0v) is 4.06. The molecule has 0 radical (unpaired) electrons. The van der Waals surface area contributed by atoms with Crippen molar-refractivity contribution in [2.45, 2.75) is 19.3 Å². The van der Waals surface area contributed by atoms with Gasteiger partial charge >= 0.3 is 0 Å². The Kier molecular flexibility index (Phi) is 3.07. The second-order valence-corrected chi connectivity index (χ2v) is 1.30. The minimum absolute atomic E-state index is 0.558. The number of alkyl halides is 2. The first-order valence-corrected chi connectivity index (χ1v) is 2.11. The summed E-state index contributed by atoms with van der Waals surface area (Å²) in [7, 11) is 0. The Morgan fingerprint density at radius 2 is 2.12 bits per heavy atom. The normalized spacial score (nSPS) is 9.88. The van der Waals surface area contributed by atoms with E-state index in [0.717, 1.165) is 0 Å². The molecule has 0 saturated heterocycles. The predicted molar refractivity (Wildman–Crippen MR) is 20.2 cm³/mol. The highest BCUT2D eigenvalue weighted by Gasteiger charge is 1.99. The van der Waals surface area contributed by atoms with Crippen LogP contribution in [0.4, 0.5) is 8.78 Å². The number of aliphatic carboxylic acids is 1. The largest absolute Gasteiger partial charge is 0.550 e. The number of carboxylic acid groups (broad SMARTS) is 1. The Labute approximate surface area is 45.1 Å². The average molecular weight is 123 g/mol. The highest BCUT2D eigenvalue weighted by atomic mass is 19.3. The Balaban J connectivity index is 3.05. The van der Waals surface area contributed by atoms with Crippen LogP contribution in [-0.2, 0) is 4.79 Å². The Morgan fingerprint density at radius 3 is 2.25 bits per heavy atom. The third-order valence-electron chi connectivity index (χ3n) is 0.567. The van der Waals surface area contributed by atoms with Crippen molar-refractivity contribution in [3.8, 4) is 0 Å². The molecule has 0 aromatic carbocycles. The number of rotatable bonds is 3. The summed E-state index contributed by atoms with van der Waals surface area (Å²) in [4.78, 5) is 9.46. The van der Waals surface area contributed by atoms with Crippen LogP contribution in [0.5, 0.6) is 0 Å². The van der Waals surface area contributed by atoms with Gasteiger partial charge in [-0.05, 0) is 6.42 Å². The molecule has 0 saturated carbocycles. The van der Waals surface area contributed by atoms with Crippen molar-refractivity contribution < 1.29 is 18.7 Å². The Morgan fingerprint density at radius 1 is 1.62 bits per heavy atom. The highest BCUT2D eigenvalue weighted by molar-refractivity contribution is 5.64. The van der Waals surface area contributed by atoms with E-state index in [1.54, 1.807) is 0 Å². The molecule has 0 aliphatic heterocycles. The molecule has 0 amide bonds. The van der Waals surface area contributed by atoms with E-state index in [9.17, 15) is 18.7 Å². The van der Waals surface area contributed by atoms with Crippen molar-refractivity contribution in [2.24, 2.45) is 0 Å². The van der Waals surface area contributed by atoms with Gasteiger partial charge in [0, 0.05) is 12.4 Å². The summed E-state index contributed by atoms with van der Waals surface area (Å²) < 4.78 is 22.2. The van der Waals surface area contributed by atoms with E-state index in [0.29, 0.717) is 0 Å². The molecule has 0 heterocycles. The maximum atomic E-state index is 11.1. The van der Waals surface area contributed by atoms with Crippen LogP contribution in [0.1, 0.15) is 12.8 Å². The fourth-order valence-electron chi connectivity index (χ4n) is 0.227. The van der Waals surface area contributed by atoms with Crippen LogP contribution < -0.4 is 5.11 Å². The molecule has 0 aliphatic carbocycles. The first-order valence-electron chi connectivity index (χ1n) is 2.11. The molecule has 2 nitrogen and oxygen atoms in total. The van der Waals surface area contributed by atoms with Gasteiger partial charge in [-0.15, -0.1) is 0 Å². The fraction of sp³-hybridized carbons (Fsp3) is 0.750. The van der Waals surface area contributed by atoms with Gasteiger partial charge in [0.2, 0.25) is 6.43 Å². The minimum atomic E-state index is -2.53. The van der Waals surface area contributed by atoms with E-state index >= 15 is 0 Å². The second-order valence-electron chi connectivity index (χ2n) is 1.30. The van der Waals surface area contributed by atoms with E-state index in [1.165, 1.54) is 0 Å². The van der Waals surface area contributed by atoms with Crippen LogP contribution >= 0.6 is 0 Å². The molecule has 0 spiro atoms. The summed E-state index contributed by atoms with van der Waals surface area (Å²) >= 11 is 0. The number of hydrogen-bond acceptors (Lipinski definition) is 2. The molecule has 0 aromatic rings. The number of carbonyl (C=O) groups is 1. The molecular formula is C4H5F2O2-. The van der Waals surface area contributed by atoms with E-state index in [2.05, 4.69) is 0 Å². The SMILES string of the molecule is O=C([O-])CCC(F)F. The van der Waals surface area contributed by atoms with Gasteiger partial charge in [-0.2, -0.15) is 0 Å². The van der Waals surface area contributed by atoms with Gasteiger partial charge < -0.3 is 9.90 Å². The van der Waals surface area contributed by atoms with Crippen LogP contribution in [0.15, 0.2) is 0 Å². The summed E-state index contributed by atoms with van der Waals surface area (Å²) in [5.41, 5.74) is 0. The lowest BCUT2D eigenvalue weighted by Crippen LogP contribution is -2.22. The van der Waals surface area contributed by atoms with Crippen LogP contribution in [-0.4, -0.2) is 12.4 Å². The maximum Gasteiger partial charge on any atom is 0.239 e. The number of carboxylic acids is 1. The van der Waals surface area contributed by atoms with Gasteiger partial charge in [-0.25, -0.2) is 8.78 Å². The summed E-state index contributed by atoms with van der Waals surface area (Å²) in [6.07, 6.45) is -3.70. The quantitative estimate of drug-likeness (QED) is 0.520. The Hall–Kier alpha value is -0.670. The smallest absolute Gasteiger partial charge is 0.239 e. The fourth-order valence-corrected chi connectivity index (χ4v) is 0.227. The highest BCUT2D eigenvalue weighted by Crippen LogP contribution is 2.00. The lowest BCUT2D eigenvalue weighted by molar-refractivity contribution is -0.306. The van der Waals surface area contributed by atoms with Crippen LogP contribution in [0.25, 0.3) is 0 Å². The summed E-state index contributed by atoms with van der Waals surface area (Å²) in [5.74, 6) is -1.43. The molecule has 48 valence electrons. The molecule has 0 fully saturated rings. The van der Waals surface area contributed by atoms with E-state index in [4.69, 9.17) is 0 Å². The summed E-state index contributed by atoms with van der Waals surface area (Å²) in [5, 5.41) is 9.46. The molecule has 0 N–H and O–H groups in total. The summed E-state index contributed by atoms with van der Waals surface area (Å²) in [6.45, 7) is 0. The molecule has 8 heavy (non-hydrogen) atoms. The van der Waals surface area contributed by atoms with E-state index in [-0.39, 0.29) is 0 Å². The van der Waals surface area contributed by atoms with E-state index in [1.807, 2.05) is 0 Å². The minimum Gasteiger partial charge on any atom is -0.550 e. The number of hydrogen-bond donors (Lipinski definition) is 0. The zero-order chi connectivity index (χ0) is 6.57. The molecule has 0 atom stereocenters. The maximum absolute atomic E-state index is 11.1. The van der Waals surface area contributed by atoms with Crippen LogP contribution in [0, 0.1) is 0 Å². The van der Waals surface area contributed by atoms with Gasteiger partial charge in [0.25, 0.3) is 0 Å². The molecule has 0 rings (SSSR count). The standard InChI is InChI=1S/C4H6F2O2/c5-3(6)1-2-4(7)8/h3H,1-2H2,(H,7,8)/p-1. The third-order valence-corrected chi connectivity index (χ3v) is 0.567. The van der Waals surface area contributed by atoms with Crippen molar-refractivity contribution in [2.75, 3.05) is 0 Å². The van der Waals surface area contributed by atoms with Gasteiger partial charge in [0.05, 0.1) is 0 Å². The van der Waals surface area contributed by atoms with Crippen molar-refractivity contribution in [3.05, 3.63) is 0 Å².